The molecule has 3 rings (SSSR count). The van der Waals surface area contributed by atoms with Gasteiger partial charge in [0.2, 0.25) is 5.78 Å². The molecule has 0 aromatic carbocycles. The third-order valence-electron chi connectivity index (χ3n) is 4.18. The zero-order valence-electron chi connectivity index (χ0n) is 12.1. The molecule has 1 N–H and O–H groups in total. The normalized spacial score (nSPS) is 22.4. The van der Waals surface area contributed by atoms with Gasteiger partial charge in [-0.3, -0.25) is 9.20 Å². The molecular formula is C15H20N4O2. The quantitative estimate of drug-likeness (QED) is 0.925. The summed E-state index contributed by atoms with van der Waals surface area (Å²) in [6.07, 6.45) is 8.89. The standard InChI is InChI=1S/C15H20N4O2/c1-18(9-11-5-2-3-6-13(11)20)14(21)12-10-19-8-4-7-16-15(19)17-12/h4,7-8,10-11,13,20H,2-3,5-6,9H2,1H3. The topological polar surface area (TPSA) is 70.7 Å². The number of fused-ring (bicyclic) bond motifs is 1. The van der Waals surface area contributed by atoms with E-state index in [4.69, 9.17) is 0 Å². The Morgan fingerprint density at radius 3 is 3.05 bits per heavy atom. The second kappa shape index (κ2) is 5.81. The molecule has 1 fully saturated rings. The van der Waals surface area contributed by atoms with Crippen molar-refractivity contribution < 1.29 is 9.90 Å². The second-order valence-corrected chi connectivity index (χ2v) is 5.75. The number of amides is 1. The van der Waals surface area contributed by atoms with Gasteiger partial charge < -0.3 is 10.0 Å². The van der Waals surface area contributed by atoms with Crippen LogP contribution in [0.15, 0.2) is 24.7 Å². The number of aromatic nitrogens is 3. The number of imidazole rings is 1. The van der Waals surface area contributed by atoms with Crippen molar-refractivity contribution in [3.63, 3.8) is 0 Å². The zero-order valence-corrected chi connectivity index (χ0v) is 12.1. The molecule has 6 heteroatoms. The highest BCUT2D eigenvalue weighted by Crippen LogP contribution is 2.25. The van der Waals surface area contributed by atoms with Gasteiger partial charge in [-0.1, -0.05) is 12.8 Å². The van der Waals surface area contributed by atoms with Crippen LogP contribution < -0.4 is 0 Å². The van der Waals surface area contributed by atoms with Gasteiger partial charge in [0, 0.05) is 38.1 Å². The minimum atomic E-state index is -0.295. The average Bonchev–Trinajstić information content (AvgIpc) is 2.92. The highest BCUT2D eigenvalue weighted by atomic mass is 16.3. The van der Waals surface area contributed by atoms with E-state index in [2.05, 4.69) is 9.97 Å². The fourth-order valence-electron chi connectivity index (χ4n) is 2.96. The van der Waals surface area contributed by atoms with E-state index in [1.54, 1.807) is 34.8 Å². The monoisotopic (exact) mass is 288 g/mol. The van der Waals surface area contributed by atoms with Gasteiger partial charge in [0.25, 0.3) is 5.91 Å². The maximum atomic E-state index is 12.4. The van der Waals surface area contributed by atoms with Gasteiger partial charge in [-0.25, -0.2) is 9.97 Å². The number of hydrogen-bond acceptors (Lipinski definition) is 4. The van der Waals surface area contributed by atoms with Crippen LogP contribution in [0, 0.1) is 5.92 Å². The van der Waals surface area contributed by atoms with Crippen molar-refractivity contribution >= 4 is 11.7 Å². The molecule has 0 aliphatic heterocycles. The minimum Gasteiger partial charge on any atom is -0.393 e. The van der Waals surface area contributed by atoms with E-state index in [-0.39, 0.29) is 17.9 Å². The summed E-state index contributed by atoms with van der Waals surface area (Å²) in [5.41, 5.74) is 0.390. The van der Waals surface area contributed by atoms with Crippen molar-refractivity contribution in [3.05, 3.63) is 30.4 Å². The first kappa shape index (κ1) is 14.0. The molecule has 112 valence electrons. The van der Waals surface area contributed by atoms with Gasteiger partial charge in [-0.05, 0) is 18.9 Å². The van der Waals surface area contributed by atoms with Gasteiger partial charge in [0.1, 0.15) is 5.69 Å². The molecule has 21 heavy (non-hydrogen) atoms. The number of aliphatic hydroxyl groups is 1. The number of nitrogens with zero attached hydrogens (tertiary/aromatic N) is 4. The van der Waals surface area contributed by atoms with E-state index in [9.17, 15) is 9.90 Å². The molecule has 0 saturated heterocycles. The Bertz CT molecular complexity index is 606. The van der Waals surface area contributed by atoms with Gasteiger partial charge >= 0.3 is 0 Å². The number of rotatable bonds is 3. The fourth-order valence-corrected chi connectivity index (χ4v) is 2.96. The molecule has 0 bridgehead atoms. The second-order valence-electron chi connectivity index (χ2n) is 5.75. The van der Waals surface area contributed by atoms with Crippen LogP contribution in [-0.2, 0) is 0 Å². The number of carbonyl (C=O) groups excluding carboxylic acids is 1. The van der Waals surface area contributed by atoms with Crippen molar-refractivity contribution in [1.82, 2.24) is 19.3 Å². The molecule has 2 aromatic heterocycles. The summed E-state index contributed by atoms with van der Waals surface area (Å²) in [5, 5.41) is 10.0. The lowest BCUT2D eigenvalue weighted by molar-refractivity contribution is 0.0449. The summed E-state index contributed by atoms with van der Waals surface area (Å²) in [5.74, 6) is 0.563. The summed E-state index contributed by atoms with van der Waals surface area (Å²) in [4.78, 5) is 22.4. The Hall–Kier alpha value is -1.95. The molecule has 1 amide bonds. The van der Waals surface area contributed by atoms with Crippen LogP contribution in [0.25, 0.3) is 5.78 Å². The summed E-state index contributed by atoms with van der Waals surface area (Å²) >= 11 is 0. The Labute approximate surface area is 123 Å². The van der Waals surface area contributed by atoms with Crippen LogP contribution in [0.3, 0.4) is 0 Å². The van der Waals surface area contributed by atoms with Crippen LogP contribution >= 0.6 is 0 Å². The van der Waals surface area contributed by atoms with E-state index in [0.29, 0.717) is 18.0 Å². The van der Waals surface area contributed by atoms with Gasteiger partial charge in [-0.15, -0.1) is 0 Å². The van der Waals surface area contributed by atoms with Crippen LogP contribution in [0.1, 0.15) is 36.2 Å². The Morgan fingerprint density at radius 1 is 1.48 bits per heavy atom. The maximum absolute atomic E-state index is 12.4. The van der Waals surface area contributed by atoms with E-state index < -0.39 is 0 Å². The van der Waals surface area contributed by atoms with Gasteiger partial charge in [-0.2, -0.15) is 0 Å². The fraction of sp³-hybridized carbons (Fsp3) is 0.533. The van der Waals surface area contributed by atoms with Crippen molar-refractivity contribution in [2.45, 2.75) is 31.8 Å². The largest absolute Gasteiger partial charge is 0.393 e. The first-order valence-corrected chi connectivity index (χ1v) is 7.38. The van der Waals surface area contributed by atoms with Crippen molar-refractivity contribution in [2.24, 2.45) is 5.92 Å². The smallest absolute Gasteiger partial charge is 0.273 e. The van der Waals surface area contributed by atoms with Crippen LogP contribution in [0.5, 0.6) is 0 Å². The molecule has 0 radical (unpaired) electrons. The lowest BCUT2D eigenvalue weighted by Gasteiger charge is -2.30. The molecule has 2 unspecified atom stereocenters. The lowest BCUT2D eigenvalue weighted by atomic mass is 9.86. The molecule has 2 atom stereocenters. The first-order chi connectivity index (χ1) is 10.1. The SMILES string of the molecule is CN(CC1CCCCC1O)C(=O)c1cn2cccnc2n1. The molecule has 1 aliphatic carbocycles. The zero-order chi connectivity index (χ0) is 14.8. The minimum absolute atomic E-state index is 0.127. The molecular weight excluding hydrogens is 268 g/mol. The lowest BCUT2D eigenvalue weighted by Crippen LogP contribution is -2.38. The molecule has 2 aromatic rings. The van der Waals surface area contributed by atoms with Crippen molar-refractivity contribution in [2.75, 3.05) is 13.6 Å². The Kier molecular flexibility index (Phi) is 3.88. The van der Waals surface area contributed by atoms with Gasteiger partial charge in [0.15, 0.2) is 0 Å². The summed E-state index contributed by atoms with van der Waals surface area (Å²) < 4.78 is 1.73. The number of carbonyl (C=O) groups is 1. The third kappa shape index (κ3) is 2.90. The first-order valence-electron chi connectivity index (χ1n) is 7.38. The predicted molar refractivity (Wildman–Crippen MR) is 77.9 cm³/mol. The Morgan fingerprint density at radius 2 is 2.29 bits per heavy atom. The average molecular weight is 288 g/mol. The number of hydrogen-bond donors (Lipinski definition) is 1. The summed E-state index contributed by atoms with van der Waals surface area (Å²) in [6.45, 7) is 0.571. The summed E-state index contributed by atoms with van der Waals surface area (Å²) in [7, 11) is 1.76. The van der Waals surface area contributed by atoms with Crippen LogP contribution in [0.4, 0.5) is 0 Å². The van der Waals surface area contributed by atoms with Crippen LogP contribution in [0.2, 0.25) is 0 Å². The molecule has 0 spiro atoms. The van der Waals surface area contributed by atoms with E-state index >= 15 is 0 Å². The summed E-state index contributed by atoms with van der Waals surface area (Å²) in [6, 6.07) is 1.80. The van der Waals surface area contributed by atoms with Crippen LogP contribution in [-0.4, -0.2) is 50.0 Å². The highest BCUT2D eigenvalue weighted by molar-refractivity contribution is 5.92. The molecule has 1 aliphatic rings. The molecule has 1 saturated carbocycles. The maximum Gasteiger partial charge on any atom is 0.273 e. The number of aliphatic hydroxyl groups excluding tert-OH is 1. The van der Waals surface area contributed by atoms with Crippen molar-refractivity contribution in [1.29, 1.82) is 0 Å². The van der Waals surface area contributed by atoms with Crippen molar-refractivity contribution in [3.8, 4) is 0 Å². The highest BCUT2D eigenvalue weighted by Gasteiger charge is 2.26. The van der Waals surface area contributed by atoms with E-state index in [1.165, 1.54) is 0 Å². The third-order valence-corrected chi connectivity index (χ3v) is 4.18. The molecule has 2 heterocycles. The molecule has 6 nitrogen and oxygen atoms in total. The van der Waals surface area contributed by atoms with Gasteiger partial charge in [0.05, 0.1) is 6.10 Å². The Balaban J connectivity index is 1.71. The van der Waals surface area contributed by atoms with E-state index in [1.807, 2.05) is 6.20 Å². The van der Waals surface area contributed by atoms with E-state index in [0.717, 1.165) is 25.7 Å². The predicted octanol–water partition coefficient (Wildman–Crippen LogP) is 1.35.